The molecule has 0 aliphatic heterocycles. The number of nitrogens with zero attached hydrogens (tertiary/aromatic N) is 2. The molecule has 12 heteroatoms. The molecule has 0 saturated heterocycles. The Kier molecular flexibility index (Phi) is 9.93. The number of hydrogen-bond donors (Lipinski definition) is 1. The highest BCUT2D eigenvalue weighted by atomic mass is 127. The number of benzene rings is 3. The molecular formula is C25H26I3N3O5S. The van der Waals surface area contributed by atoms with Crippen LogP contribution in [-0.2, 0) is 19.6 Å². The highest BCUT2D eigenvalue weighted by molar-refractivity contribution is 14.1. The number of halogens is 3. The maximum Gasteiger partial charge on any atom is 0.340 e. The van der Waals surface area contributed by atoms with E-state index in [0.29, 0.717) is 28.3 Å². The number of fused-ring (bicyclic) bond motifs is 1. The summed E-state index contributed by atoms with van der Waals surface area (Å²) in [4.78, 5) is 29.0. The van der Waals surface area contributed by atoms with Crippen molar-refractivity contribution >= 4 is 118 Å². The van der Waals surface area contributed by atoms with Crippen molar-refractivity contribution in [2.75, 3.05) is 41.8 Å². The number of rotatable bonds is 8. The molecule has 0 aliphatic rings. The molecule has 1 amide bonds. The minimum Gasteiger partial charge on any atom is -0.462 e. The van der Waals surface area contributed by atoms with Gasteiger partial charge in [0, 0.05) is 44.0 Å². The number of anilines is 3. The Morgan fingerprint density at radius 3 is 2.14 bits per heavy atom. The van der Waals surface area contributed by atoms with Crippen LogP contribution < -0.4 is 14.5 Å². The fraction of sp³-hybridized carbons (Fsp3) is 0.280. The average molecular weight is 861 g/mol. The average Bonchev–Trinajstić information content (AvgIpc) is 2.83. The number of carbonyl (C=O) groups is 2. The van der Waals surface area contributed by atoms with Gasteiger partial charge in [0.15, 0.2) is 0 Å². The summed E-state index contributed by atoms with van der Waals surface area (Å²) >= 11 is 6.01. The van der Waals surface area contributed by atoms with Crippen LogP contribution in [0.1, 0.15) is 31.1 Å². The van der Waals surface area contributed by atoms with E-state index in [1.807, 2.05) is 112 Å². The zero-order valence-electron chi connectivity index (χ0n) is 20.9. The largest absolute Gasteiger partial charge is 0.462 e. The van der Waals surface area contributed by atoms with E-state index in [0.717, 1.165) is 11.1 Å². The molecule has 198 valence electrons. The summed E-state index contributed by atoms with van der Waals surface area (Å²) in [7, 11) is -0.300. The molecule has 0 bridgehead atoms. The standard InChI is InChI=1S/C25H26I3N3O5S/c1-6-31(14(3)32)24-21(27)19(25(33)36-7-2)20(26)23(22(24)28)29-37(34,35)18-13-9-10-15-16(18)11-8-12-17(15)30(4)5/h8-13,29H,6-7H2,1-5H3. The molecule has 0 unspecified atom stereocenters. The molecule has 0 heterocycles. The molecule has 0 spiro atoms. The second-order valence-corrected chi connectivity index (χ2v) is 13.0. The molecule has 0 aromatic heterocycles. The summed E-state index contributed by atoms with van der Waals surface area (Å²) in [5, 5.41) is 1.37. The second-order valence-electron chi connectivity index (χ2n) is 8.15. The fourth-order valence-corrected chi connectivity index (χ4v) is 10.1. The van der Waals surface area contributed by atoms with Gasteiger partial charge in [-0.1, -0.05) is 24.3 Å². The van der Waals surface area contributed by atoms with Crippen molar-refractivity contribution in [3.63, 3.8) is 0 Å². The van der Waals surface area contributed by atoms with Crippen molar-refractivity contribution in [3.05, 3.63) is 52.7 Å². The smallest absolute Gasteiger partial charge is 0.340 e. The topological polar surface area (TPSA) is 96.0 Å². The molecule has 0 fully saturated rings. The first-order chi connectivity index (χ1) is 17.4. The van der Waals surface area contributed by atoms with Crippen LogP contribution in [-0.4, -0.2) is 47.5 Å². The van der Waals surface area contributed by atoms with Gasteiger partial charge in [0.1, 0.15) is 0 Å². The number of ether oxygens (including phenoxy) is 1. The number of sulfonamides is 1. The Morgan fingerprint density at radius 2 is 1.57 bits per heavy atom. The molecule has 0 aliphatic carbocycles. The summed E-state index contributed by atoms with van der Waals surface area (Å²) in [6.45, 7) is 5.44. The first-order valence-corrected chi connectivity index (χ1v) is 16.0. The fourth-order valence-electron chi connectivity index (χ4n) is 3.98. The van der Waals surface area contributed by atoms with Gasteiger partial charge < -0.3 is 14.5 Å². The van der Waals surface area contributed by atoms with Gasteiger partial charge in [-0.3, -0.25) is 9.52 Å². The Labute approximate surface area is 258 Å². The van der Waals surface area contributed by atoms with E-state index < -0.39 is 16.0 Å². The summed E-state index contributed by atoms with van der Waals surface area (Å²) in [6, 6.07) is 10.7. The monoisotopic (exact) mass is 861 g/mol. The lowest BCUT2D eigenvalue weighted by Gasteiger charge is -2.26. The predicted octanol–water partition coefficient (Wildman–Crippen LogP) is 6.07. The minimum absolute atomic E-state index is 0.108. The van der Waals surface area contributed by atoms with Crippen LogP contribution in [0.2, 0.25) is 0 Å². The number of hydrogen-bond acceptors (Lipinski definition) is 6. The van der Waals surface area contributed by atoms with E-state index in [-0.39, 0.29) is 28.7 Å². The van der Waals surface area contributed by atoms with Gasteiger partial charge in [-0.05, 0) is 93.8 Å². The van der Waals surface area contributed by atoms with Crippen LogP contribution in [0.5, 0.6) is 0 Å². The van der Waals surface area contributed by atoms with Crippen molar-refractivity contribution in [3.8, 4) is 0 Å². The maximum absolute atomic E-state index is 13.8. The molecule has 37 heavy (non-hydrogen) atoms. The third-order valence-corrected chi connectivity index (χ3v) is 10.2. The van der Waals surface area contributed by atoms with Gasteiger partial charge in [0.05, 0.1) is 39.2 Å². The molecule has 8 nitrogen and oxygen atoms in total. The molecule has 0 saturated carbocycles. The van der Waals surface area contributed by atoms with Gasteiger partial charge in [0.2, 0.25) is 5.91 Å². The molecule has 1 N–H and O–H groups in total. The number of nitrogens with one attached hydrogen (secondary N) is 1. The molecular weight excluding hydrogens is 835 g/mol. The first kappa shape index (κ1) is 30.1. The lowest BCUT2D eigenvalue weighted by Crippen LogP contribution is -2.31. The third kappa shape index (κ3) is 5.95. The van der Waals surface area contributed by atoms with Crippen LogP contribution >= 0.6 is 67.8 Å². The zero-order chi connectivity index (χ0) is 27.7. The van der Waals surface area contributed by atoms with E-state index in [1.54, 1.807) is 25.1 Å². The third-order valence-electron chi connectivity index (χ3n) is 5.61. The van der Waals surface area contributed by atoms with Crippen molar-refractivity contribution in [1.29, 1.82) is 0 Å². The minimum atomic E-state index is -4.10. The maximum atomic E-state index is 13.8. The summed E-state index contributed by atoms with van der Waals surface area (Å²) < 4.78 is 37.1. The van der Waals surface area contributed by atoms with E-state index >= 15 is 0 Å². The van der Waals surface area contributed by atoms with Crippen LogP contribution in [0.15, 0.2) is 41.3 Å². The Balaban J connectivity index is 2.30. The van der Waals surface area contributed by atoms with Crippen molar-refractivity contribution < 1.29 is 22.7 Å². The van der Waals surface area contributed by atoms with E-state index in [9.17, 15) is 18.0 Å². The Bertz CT molecular complexity index is 1490. The zero-order valence-corrected chi connectivity index (χ0v) is 28.1. The van der Waals surface area contributed by atoms with E-state index in [4.69, 9.17) is 4.74 Å². The summed E-state index contributed by atoms with van der Waals surface area (Å²) in [5.41, 5.74) is 1.79. The van der Waals surface area contributed by atoms with Crippen molar-refractivity contribution in [2.24, 2.45) is 0 Å². The lowest BCUT2D eigenvalue weighted by molar-refractivity contribution is -0.116. The highest BCUT2D eigenvalue weighted by Gasteiger charge is 2.31. The second kappa shape index (κ2) is 12.2. The first-order valence-electron chi connectivity index (χ1n) is 11.2. The van der Waals surface area contributed by atoms with Gasteiger partial charge in [-0.15, -0.1) is 0 Å². The number of carbonyl (C=O) groups excluding carboxylic acids is 2. The molecule has 3 aromatic rings. The van der Waals surface area contributed by atoms with Gasteiger partial charge >= 0.3 is 5.97 Å². The van der Waals surface area contributed by atoms with Crippen LogP contribution in [0.25, 0.3) is 10.8 Å². The Morgan fingerprint density at radius 1 is 0.946 bits per heavy atom. The van der Waals surface area contributed by atoms with E-state index in [1.165, 1.54) is 11.8 Å². The molecule has 0 atom stereocenters. The molecule has 3 aromatic carbocycles. The van der Waals surface area contributed by atoms with Crippen molar-refractivity contribution in [2.45, 2.75) is 25.7 Å². The summed E-state index contributed by atoms with van der Waals surface area (Å²) in [6.07, 6.45) is 0. The number of amides is 1. The lowest BCUT2D eigenvalue weighted by atomic mass is 10.1. The Hall–Kier alpha value is -1.40. The van der Waals surface area contributed by atoms with Crippen LogP contribution in [0, 0.1) is 10.7 Å². The quantitative estimate of drug-likeness (QED) is 0.219. The SMILES string of the molecule is CCOC(=O)c1c(I)c(NS(=O)(=O)c2cccc3c(N(C)C)cccc23)c(I)c(N(CC)C(C)=O)c1I. The highest BCUT2D eigenvalue weighted by Crippen LogP contribution is 2.42. The predicted molar refractivity (Wildman–Crippen MR) is 173 cm³/mol. The normalized spacial score (nSPS) is 11.4. The molecule has 3 rings (SSSR count). The van der Waals surface area contributed by atoms with Crippen LogP contribution in [0.3, 0.4) is 0 Å². The van der Waals surface area contributed by atoms with E-state index in [2.05, 4.69) is 4.72 Å². The van der Waals surface area contributed by atoms with Gasteiger partial charge in [-0.2, -0.15) is 0 Å². The van der Waals surface area contributed by atoms with Crippen molar-refractivity contribution in [1.82, 2.24) is 0 Å². The molecule has 0 radical (unpaired) electrons. The van der Waals surface area contributed by atoms with Crippen LogP contribution in [0.4, 0.5) is 17.1 Å². The number of esters is 1. The van der Waals surface area contributed by atoms with Gasteiger partial charge in [0.25, 0.3) is 10.0 Å². The summed E-state index contributed by atoms with van der Waals surface area (Å²) in [5.74, 6) is -0.816. The van der Waals surface area contributed by atoms with Gasteiger partial charge in [-0.25, -0.2) is 13.2 Å².